The van der Waals surface area contributed by atoms with Gasteiger partial charge in [0.1, 0.15) is 0 Å². The minimum atomic E-state index is -2.86. The summed E-state index contributed by atoms with van der Waals surface area (Å²) < 4.78 is 6.46. The summed E-state index contributed by atoms with van der Waals surface area (Å²) in [4.78, 5) is 21.4. The van der Waals surface area contributed by atoms with E-state index >= 15 is 0 Å². The van der Waals surface area contributed by atoms with E-state index in [0.717, 1.165) is 55.2 Å². The molecule has 0 fully saturated rings. The zero-order valence-electron chi connectivity index (χ0n) is 32.3. The molecular weight excluding hydrogens is 751 g/mol. The van der Waals surface area contributed by atoms with Gasteiger partial charge in [-0.3, -0.25) is 8.97 Å². The van der Waals surface area contributed by atoms with Crippen molar-refractivity contribution in [3.8, 4) is 23.3 Å². The fraction of sp³-hybridized carbons (Fsp3) is 0. The Morgan fingerprint density at radius 3 is 1.40 bits per heavy atom. The van der Waals surface area contributed by atoms with E-state index in [-0.39, 0.29) is 0 Å². The van der Waals surface area contributed by atoms with Gasteiger partial charge in [0.05, 0.1) is 33.1 Å². The van der Waals surface area contributed by atoms with E-state index in [1.807, 2.05) is 6.07 Å². The average Bonchev–Trinajstić information content (AvgIpc) is 3.97. The van der Waals surface area contributed by atoms with Crippen molar-refractivity contribution in [2.75, 3.05) is 0 Å². The van der Waals surface area contributed by atoms with Crippen LogP contribution in [-0.4, -0.2) is 41.5 Å². The monoisotopic (exact) mass is 785 g/mol. The Labute approximate surface area is 346 Å². The molecule has 0 bridgehead atoms. The lowest BCUT2D eigenvalue weighted by molar-refractivity contribution is 0.885. The van der Waals surface area contributed by atoms with Gasteiger partial charge >= 0.3 is 0 Å². The Balaban J connectivity index is 1.17. The maximum Gasteiger partial charge on any atom is 0.242 e. The molecule has 4 aromatic heterocycles. The SMILES string of the molecule is c1ccc([Si](c2ccccc2)(c2ccccc2)c2cccc(-c3nc(-n4c5ccccc5c5ccccc54)nc(-n4c5ccccc5n5c6ccccc6nc45)n3)c2)cc1. The number of aromatic nitrogens is 7. The normalized spacial score (nSPS) is 12.0. The summed E-state index contributed by atoms with van der Waals surface area (Å²) in [5.41, 5.74) is 6.85. The molecule has 0 saturated heterocycles. The van der Waals surface area contributed by atoms with Crippen molar-refractivity contribution >= 4 is 78.5 Å². The highest BCUT2D eigenvalue weighted by molar-refractivity contribution is 7.19. The molecule has 0 aliphatic rings. The Morgan fingerprint density at radius 2 is 0.800 bits per heavy atom. The molecule has 12 rings (SSSR count). The molecule has 8 heteroatoms. The summed E-state index contributed by atoms with van der Waals surface area (Å²) in [6.07, 6.45) is 0. The molecule has 0 spiro atoms. The first kappa shape index (κ1) is 34.1. The quantitative estimate of drug-likeness (QED) is 0.120. The topological polar surface area (TPSA) is 65.8 Å². The Morgan fingerprint density at radius 1 is 0.333 bits per heavy atom. The van der Waals surface area contributed by atoms with Crippen LogP contribution in [-0.2, 0) is 0 Å². The molecule has 0 saturated carbocycles. The van der Waals surface area contributed by atoms with Crippen LogP contribution in [0.3, 0.4) is 0 Å². The van der Waals surface area contributed by atoms with Gasteiger partial charge in [0, 0.05) is 16.3 Å². The van der Waals surface area contributed by atoms with E-state index < -0.39 is 8.07 Å². The second kappa shape index (κ2) is 13.6. The van der Waals surface area contributed by atoms with Crippen LogP contribution in [0, 0.1) is 0 Å². The maximum atomic E-state index is 5.42. The summed E-state index contributed by atoms with van der Waals surface area (Å²) in [6, 6.07) is 75.4. The summed E-state index contributed by atoms with van der Waals surface area (Å²) in [5, 5.41) is 7.41. The van der Waals surface area contributed by atoms with Gasteiger partial charge in [0.25, 0.3) is 0 Å². The summed E-state index contributed by atoms with van der Waals surface area (Å²) in [5.74, 6) is 2.33. The van der Waals surface area contributed by atoms with Gasteiger partial charge in [-0.2, -0.15) is 15.0 Å². The van der Waals surface area contributed by atoms with E-state index in [1.165, 1.54) is 20.7 Å². The number of rotatable bonds is 7. The van der Waals surface area contributed by atoms with Crippen molar-refractivity contribution in [2.45, 2.75) is 0 Å². The number of benzene rings is 8. The standard InChI is InChI=1S/C52H35N7Si/c1-4-20-37(21-5-1)60(38-22-6-2-7-23-38,39-24-8-3-9-25-39)40-26-18-19-36(35-40)49-54-50(57-44-30-13-10-27-41(44)42-28-11-14-31-45(42)57)56-51(55-49)59-48-34-17-16-33-47(48)58-46-32-15-12-29-43(46)53-52(58)59/h1-35H. The van der Waals surface area contributed by atoms with Gasteiger partial charge in [-0.05, 0) is 57.1 Å². The Bertz CT molecular complexity index is 3410. The smallest absolute Gasteiger partial charge is 0.242 e. The van der Waals surface area contributed by atoms with Crippen molar-refractivity contribution in [3.63, 3.8) is 0 Å². The van der Waals surface area contributed by atoms with Crippen molar-refractivity contribution < 1.29 is 0 Å². The number of fused-ring (bicyclic) bond motifs is 8. The largest absolute Gasteiger partial charge is 0.278 e. The van der Waals surface area contributed by atoms with E-state index in [9.17, 15) is 0 Å². The molecule has 0 unspecified atom stereocenters. The lowest BCUT2D eigenvalue weighted by Gasteiger charge is -2.34. The molecule has 0 amide bonds. The molecule has 0 N–H and O–H groups in total. The number of imidazole rings is 2. The van der Waals surface area contributed by atoms with Crippen molar-refractivity contribution in [3.05, 3.63) is 212 Å². The molecule has 0 atom stereocenters. The third kappa shape index (κ3) is 5.08. The summed E-state index contributed by atoms with van der Waals surface area (Å²) in [6.45, 7) is 0. The first-order valence-corrected chi connectivity index (χ1v) is 22.2. The lowest BCUT2D eigenvalue weighted by atomic mass is 10.2. The van der Waals surface area contributed by atoms with Gasteiger partial charge in [0.2, 0.25) is 17.7 Å². The van der Waals surface area contributed by atoms with Crippen LogP contribution >= 0.6 is 0 Å². The molecule has 0 aliphatic carbocycles. The van der Waals surface area contributed by atoms with Crippen molar-refractivity contribution in [1.82, 2.24) is 33.5 Å². The van der Waals surface area contributed by atoms with Gasteiger partial charge in [-0.15, -0.1) is 0 Å². The molecular formula is C52H35N7Si. The lowest BCUT2D eigenvalue weighted by Crippen LogP contribution is -2.74. The van der Waals surface area contributed by atoms with E-state index in [0.29, 0.717) is 17.7 Å². The van der Waals surface area contributed by atoms with Crippen molar-refractivity contribution in [2.24, 2.45) is 0 Å². The van der Waals surface area contributed by atoms with Gasteiger partial charge in [-0.25, -0.2) is 9.55 Å². The number of nitrogens with zero attached hydrogens (tertiary/aromatic N) is 7. The second-order valence-electron chi connectivity index (χ2n) is 15.1. The fourth-order valence-corrected chi connectivity index (χ4v) is 14.1. The molecule has 7 nitrogen and oxygen atoms in total. The van der Waals surface area contributed by atoms with Crippen LogP contribution in [0.25, 0.3) is 72.9 Å². The average molecular weight is 786 g/mol. The first-order chi connectivity index (χ1) is 29.8. The van der Waals surface area contributed by atoms with Crippen LogP contribution in [0.1, 0.15) is 0 Å². The third-order valence-corrected chi connectivity index (χ3v) is 16.6. The van der Waals surface area contributed by atoms with E-state index in [4.69, 9.17) is 19.9 Å². The molecule has 0 radical (unpaired) electrons. The number of hydrogen-bond acceptors (Lipinski definition) is 4. The van der Waals surface area contributed by atoms with Gasteiger partial charge in [-0.1, -0.05) is 176 Å². The molecule has 60 heavy (non-hydrogen) atoms. The zero-order valence-corrected chi connectivity index (χ0v) is 33.3. The summed E-state index contributed by atoms with van der Waals surface area (Å²) in [7, 11) is -2.86. The summed E-state index contributed by atoms with van der Waals surface area (Å²) >= 11 is 0. The highest BCUT2D eigenvalue weighted by atomic mass is 28.3. The van der Waals surface area contributed by atoms with Gasteiger partial charge in [0.15, 0.2) is 13.9 Å². The fourth-order valence-electron chi connectivity index (χ4n) is 9.33. The van der Waals surface area contributed by atoms with E-state index in [1.54, 1.807) is 0 Å². The van der Waals surface area contributed by atoms with Crippen molar-refractivity contribution in [1.29, 1.82) is 0 Å². The van der Waals surface area contributed by atoms with Crippen LogP contribution in [0.15, 0.2) is 212 Å². The Kier molecular flexibility index (Phi) is 7.73. The highest BCUT2D eigenvalue weighted by Crippen LogP contribution is 2.33. The Hall–Kier alpha value is -7.94. The predicted molar refractivity (Wildman–Crippen MR) is 246 cm³/mol. The minimum absolute atomic E-state index is 0.487. The molecule has 8 aromatic carbocycles. The third-order valence-electron chi connectivity index (χ3n) is 11.9. The van der Waals surface area contributed by atoms with Crippen LogP contribution < -0.4 is 20.7 Å². The van der Waals surface area contributed by atoms with Crippen LogP contribution in [0.2, 0.25) is 0 Å². The van der Waals surface area contributed by atoms with E-state index in [2.05, 4.69) is 220 Å². The molecule has 4 heterocycles. The molecule has 282 valence electrons. The van der Waals surface area contributed by atoms with Crippen LogP contribution in [0.5, 0.6) is 0 Å². The first-order valence-electron chi connectivity index (χ1n) is 20.2. The second-order valence-corrected chi connectivity index (χ2v) is 18.9. The predicted octanol–water partition coefficient (Wildman–Crippen LogP) is 8.76. The molecule has 0 aliphatic heterocycles. The minimum Gasteiger partial charge on any atom is -0.278 e. The van der Waals surface area contributed by atoms with Crippen LogP contribution in [0.4, 0.5) is 0 Å². The number of para-hydroxylation sites is 6. The molecule has 12 aromatic rings. The zero-order chi connectivity index (χ0) is 39.6. The van der Waals surface area contributed by atoms with Gasteiger partial charge < -0.3 is 0 Å². The maximum absolute atomic E-state index is 5.42. The highest BCUT2D eigenvalue weighted by Gasteiger charge is 2.41. The number of hydrogen-bond donors (Lipinski definition) is 0.